The molecule has 2 aromatic heterocycles. The van der Waals surface area contributed by atoms with E-state index in [1.54, 1.807) is 6.33 Å². The number of fused-ring (bicyclic) bond motifs is 1. The van der Waals surface area contributed by atoms with E-state index in [0.717, 1.165) is 11.3 Å². The fourth-order valence-electron chi connectivity index (χ4n) is 1.45. The van der Waals surface area contributed by atoms with Crippen molar-refractivity contribution in [2.24, 2.45) is 0 Å². The number of hydrogen-bond donors (Lipinski definition) is 1. The molecule has 68 valence electrons. The van der Waals surface area contributed by atoms with E-state index < -0.39 is 0 Å². The summed E-state index contributed by atoms with van der Waals surface area (Å²) in [5.41, 5.74) is 2.19. The molecule has 1 N–H and O–H groups in total. The first-order valence-corrected chi connectivity index (χ1v) is 5.04. The highest BCUT2D eigenvalue weighted by atomic mass is 32.1. The Hall–Kier alpha value is -1.68. The minimum absolute atomic E-state index is 1.04. The molecule has 0 spiro atoms. The molecule has 4 heteroatoms. The van der Waals surface area contributed by atoms with Gasteiger partial charge in [-0.25, -0.2) is 4.98 Å². The number of aromatic nitrogens is 3. The largest absolute Gasteiger partial charge is 0.345 e. The Balaban J connectivity index is 2.23. The number of imidazole rings is 1. The molecule has 0 radical (unpaired) electrons. The van der Waals surface area contributed by atoms with Gasteiger partial charge in [0.05, 0.1) is 22.9 Å². The van der Waals surface area contributed by atoms with Crippen LogP contribution in [0.1, 0.15) is 0 Å². The first-order chi connectivity index (χ1) is 6.93. The van der Waals surface area contributed by atoms with Gasteiger partial charge in [-0.2, -0.15) is 4.37 Å². The van der Waals surface area contributed by atoms with Crippen molar-refractivity contribution in [1.29, 1.82) is 0 Å². The van der Waals surface area contributed by atoms with E-state index in [1.165, 1.54) is 21.6 Å². The number of H-pyrrole nitrogens is 1. The zero-order chi connectivity index (χ0) is 9.38. The van der Waals surface area contributed by atoms with Gasteiger partial charge in [0.1, 0.15) is 0 Å². The van der Waals surface area contributed by atoms with Gasteiger partial charge in [0, 0.05) is 17.1 Å². The molecule has 0 atom stereocenters. The molecule has 3 aromatic rings. The zero-order valence-electron chi connectivity index (χ0n) is 7.27. The number of nitrogens with one attached hydrogen (secondary N) is 1. The van der Waals surface area contributed by atoms with E-state index in [4.69, 9.17) is 0 Å². The molecule has 3 nitrogen and oxygen atoms in total. The number of benzene rings is 1. The zero-order valence-corrected chi connectivity index (χ0v) is 8.08. The molecule has 0 bridgehead atoms. The molecule has 0 fully saturated rings. The minimum atomic E-state index is 1.04. The van der Waals surface area contributed by atoms with Gasteiger partial charge < -0.3 is 4.98 Å². The predicted octanol–water partition coefficient (Wildman–Crippen LogP) is 2.69. The summed E-state index contributed by atoms with van der Waals surface area (Å²) >= 11 is 1.52. The third-order valence-electron chi connectivity index (χ3n) is 2.16. The van der Waals surface area contributed by atoms with Crippen LogP contribution < -0.4 is 0 Å². The second-order valence-corrected chi connectivity index (χ2v) is 3.88. The summed E-state index contributed by atoms with van der Waals surface area (Å²) in [6.07, 6.45) is 5.40. The van der Waals surface area contributed by atoms with Gasteiger partial charge >= 0.3 is 0 Å². The number of nitrogens with zero attached hydrogens (tertiary/aromatic N) is 2. The molecule has 2 heterocycles. The Morgan fingerprint density at radius 2 is 2.21 bits per heavy atom. The van der Waals surface area contributed by atoms with Crippen molar-refractivity contribution in [2.45, 2.75) is 0 Å². The monoisotopic (exact) mass is 201 g/mol. The van der Waals surface area contributed by atoms with Crippen molar-refractivity contribution in [3.8, 4) is 11.3 Å². The van der Waals surface area contributed by atoms with E-state index in [-0.39, 0.29) is 0 Å². The van der Waals surface area contributed by atoms with Gasteiger partial charge in [-0.15, -0.1) is 0 Å². The lowest BCUT2D eigenvalue weighted by atomic mass is 10.1. The molecular formula is C10H7N3S. The molecule has 0 amide bonds. The lowest BCUT2D eigenvalue weighted by Gasteiger charge is -1.96. The van der Waals surface area contributed by atoms with Crippen LogP contribution in [0.5, 0.6) is 0 Å². The van der Waals surface area contributed by atoms with Crippen LogP contribution in [0, 0.1) is 0 Å². The van der Waals surface area contributed by atoms with Crippen LogP contribution in [0.25, 0.3) is 21.3 Å². The van der Waals surface area contributed by atoms with E-state index in [0.29, 0.717) is 0 Å². The molecule has 3 rings (SSSR count). The maximum Gasteiger partial charge on any atom is 0.0924 e. The van der Waals surface area contributed by atoms with Gasteiger partial charge in [0.15, 0.2) is 0 Å². The van der Waals surface area contributed by atoms with Crippen molar-refractivity contribution in [2.75, 3.05) is 0 Å². The van der Waals surface area contributed by atoms with Crippen molar-refractivity contribution in [3.05, 3.63) is 36.9 Å². The maximum absolute atomic E-state index is 4.14. The van der Waals surface area contributed by atoms with Gasteiger partial charge in [-0.1, -0.05) is 6.07 Å². The molecule has 0 unspecified atom stereocenters. The second-order valence-electron chi connectivity index (χ2n) is 3.04. The average Bonchev–Trinajstić information content (AvgIpc) is 2.88. The van der Waals surface area contributed by atoms with Crippen LogP contribution in [-0.4, -0.2) is 14.3 Å². The molecule has 0 saturated heterocycles. The Labute approximate surface area is 84.6 Å². The number of rotatable bonds is 1. The quantitative estimate of drug-likeness (QED) is 0.657. The highest BCUT2D eigenvalue weighted by Crippen LogP contribution is 2.24. The van der Waals surface area contributed by atoms with E-state index >= 15 is 0 Å². The average molecular weight is 201 g/mol. The molecule has 1 aromatic carbocycles. The SMILES string of the molecule is c1ncc(-c2ccc3sncc3c2)[nH]1. The van der Waals surface area contributed by atoms with Crippen LogP contribution in [0.4, 0.5) is 0 Å². The fourth-order valence-corrected chi connectivity index (χ4v) is 2.08. The Morgan fingerprint density at radius 1 is 1.21 bits per heavy atom. The summed E-state index contributed by atoms with van der Waals surface area (Å²) in [5, 5.41) is 1.18. The lowest BCUT2D eigenvalue weighted by Crippen LogP contribution is -1.75. The topological polar surface area (TPSA) is 41.6 Å². The Bertz CT molecular complexity index is 554. The highest BCUT2D eigenvalue weighted by molar-refractivity contribution is 7.13. The smallest absolute Gasteiger partial charge is 0.0924 e. The summed E-state index contributed by atoms with van der Waals surface area (Å²) in [5.74, 6) is 0. The Kier molecular flexibility index (Phi) is 1.61. The molecule has 0 saturated carbocycles. The van der Waals surface area contributed by atoms with E-state index in [1.807, 2.05) is 12.4 Å². The second kappa shape index (κ2) is 2.92. The maximum atomic E-state index is 4.14. The Morgan fingerprint density at radius 3 is 3.07 bits per heavy atom. The third kappa shape index (κ3) is 1.12. The third-order valence-corrected chi connectivity index (χ3v) is 2.94. The molecular weight excluding hydrogens is 194 g/mol. The highest BCUT2D eigenvalue weighted by Gasteiger charge is 2.01. The van der Waals surface area contributed by atoms with Crippen LogP contribution in [0.15, 0.2) is 36.9 Å². The van der Waals surface area contributed by atoms with Gasteiger partial charge in [0.2, 0.25) is 0 Å². The van der Waals surface area contributed by atoms with Crippen LogP contribution in [-0.2, 0) is 0 Å². The number of hydrogen-bond acceptors (Lipinski definition) is 3. The van der Waals surface area contributed by atoms with Crippen molar-refractivity contribution in [3.63, 3.8) is 0 Å². The first-order valence-electron chi connectivity index (χ1n) is 4.27. The fraction of sp³-hybridized carbons (Fsp3) is 0. The summed E-state index contributed by atoms with van der Waals surface area (Å²) in [6.45, 7) is 0. The first kappa shape index (κ1) is 7.70. The van der Waals surface area contributed by atoms with Crippen molar-refractivity contribution < 1.29 is 0 Å². The number of aromatic amines is 1. The normalized spacial score (nSPS) is 10.9. The summed E-state index contributed by atoms with van der Waals surface area (Å²) in [4.78, 5) is 7.08. The van der Waals surface area contributed by atoms with Crippen LogP contribution in [0.3, 0.4) is 0 Å². The predicted molar refractivity (Wildman–Crippen MR) is 57.2 cm³/mol. The standard InChI is InChI=1S/C10H7N3S/c1-2-10-8(4-13-14-10)3-7(1)9-5-11-6-12-9/h1-6H,(H,11,12). The lowest BCUT2D eigenvalue weighted by molar-refractivity contribution is 1.31. The molecule has 0 aliphatic rings. The molecule has 14 heavy (non-hydrogen) atoms. The van der Waals surface area contributed by atoms with E-state index in [9.17, 15) is 0 Å². The molecule has 0 aliphatic carbocycles. The van der Waals surface area contributed by atoms with Gasteiger partial charge in [0.25, 0.3) is 0 Å². The van der Waals surface area contributed by atoms with Crippen molar-refractivity contribution >= 4 is 21.6 Å². The summed E-state index contributed by atoms with van der Waals surface area (Å²) in [7, 11) is 0. The van der Waals surface area contributed by atoms with Crippen LogP contribution >= 0.6 is 11.5 Å². The summed E-state index contributed by atoms with van der Waals surface area (Å²) in [6, 6.07) is 6.28. The van der Waals surface area contributed by atoms with Crippen LogP contribution in [0.2, 0.25) is 0 Å². The molecule has 0 aliphatic heterocycles. The van der Waals surface area contributed by atoms with E-state index in [2.05, 4.69) is 32.5 Å². The summed E-state index contributed by atoms with van der Waals surface area (Å²) < 4.78 is 5.36. The van der Waals surface area contributed by atoms with Crippen molar-refractivity contribution in [1.82, 2.24) is 14.3 Å². The minimum Gasteiger partial charge on any atom is -0.345 e. The van der Waals surface area contributed by atoms with Gasteiger partial charge in [-0.05, 0) is 23.7 Å². The van der Waals surface area contributed by atoms with Gasteiger partial charge in [-0.3, -0.25) is 0 Å².